The van der Waals surface area contributed by atoms with E-state index in [1.165, 1.54) is 37.3 Å². The highest BCUT2D eigenvalue weighted by molar-refractivity contribution is 6.35. The maximum absolute atomic E-state index is 11.0. The molecule has 0 saturated carbocycles. The summed E-state index contributed by atoms with van der Waals surface area (Å²) in [4.78, 5) is 18.2. The first kappa shape index (κ1) is 15.7. The number of methoxy groups -OCH3 is 1. The molecule has 11 heteroatoms. The minimum absolute atomic E-state index is 0.0417. The zero-order chi connectivity index (χ0) is 17.3. The van der Waals surface area contributed by atoms with Gasteiger partial charge in [0.1, 0.15) is 10.5 Å². The van der Waals surface area contributed by atoms with Crippen LogP contribution in [0.3, 0.4) is 0 Å². The Balaban J connectivity index is 2.01. The second-order valence-electron chi connectivity index (χ2n) is 4.51. The van der Waals surface area contributed by atoms with Crippen LogP contribution in [-0.2, 0) is 0 Å². The van der Waals surface area contributed by atoms with Crippen LogP contribution in [0.1, 0.15) is 0 Å². The first-order valence-corrected chi connectivity index (χ1v) is 6.98. The largest absolute Gasteiger partial charge is 0.480 e. The lowest BCUT2D eigenvalue weighted by atomic mass is 10.3. The van der Waals surface area contributed by atoms with Crippen molar-refractivity contribution in [2.75, 3.05) is 19.5 Å². The third kappa shape index (κ3) is 2.63. The number of hydrogen-bond acceptors (Lipinski definition) is 8. The number of nitrogens with one attached hydrogen (secondary N) is 1. The predicted molar refractivity (Wildman–Crippen MR) is 85.1 cm³/mol. The van der Waals surface area contributed by atoms with Gasteiger partial charge in [0.25, 0.3) is 0 Å². The van der Waals surface area contributed by atoms with E-state index >= 15 is 0 Å². The third-order valence-corrected chi connectivity index (χ3v) is 3.54. The van der Waals surface area contributed by atoms with Crippen LogP contribution in [0.5, 0.6) is 17.4 Å². The molecule has 1 N–H and O–H groups in total. The Kier molecular flexibility index (Phi) is 4.04. The van der Waals surface area contributed by atoms with Gasteiger partial charge in [-0.15, -0.1) is 0 Å². The molecule has 0 radical (unpaired) electrons. The van der Waals surface area contributed by atoms with E-state index in [1.54, 1.807) is 6.20 Å². The normalized spacial score (nSPS) is 10.6. The molecule has 124 valence electrons. The lowest BCUT2D eigenvalue weighted by Crippen LogP contribution is -2.01. The molecule has 0 amide bonds. The molecule has 3 aromatic rings. The fourth-order valence-electron chi connectivity index (χ4n) is 2.04. The molecule has 0 unspecified atom stereocenters. The summed E-state index contributed by atoms with van der Waals surface area (Å²) in [5.41, 5.74) is 0.631. The minimum atomic E-state index is -0.632. The zero-order valence-electron chi connectivity index (χ0n) is 12.6. The lowest BCUT2D eigenvalue weighted by Gasteiger charge is -2.08. The summed E-state index contributed by atoms with van der Waals surface area (Å²) in [6, 6.07) is 0. The predicted octanol–water partition coefficient (Wildman–Crippen LogP) is 2.53. The van der Waals surface area contributed by atoms with Crippen molar-refractivity contribution in [3.8, 4) is 17.4 Å². The number of pyridine rings is 1. The van der Waals surface area contributed by atoms with E-state index in [1.807, 2.05) is 0 Å². The van der Waals surface area contributed by atoms with Crippen molar-refractivity contribution in [2.24, 2.45) is 0 Å². The first-order valence-electron chi connectivity index (χ1n) is 6.61. The molecule has 0 fully saturated rings. The van der Waals surface area contributed by atoms with Crippen LogP contribution in [0, 0.1) is 10.1 Å². The van der Waals surface area contributed by atoms with Crippen molar-refractivity contribution in [1.29, 1.82) is 0 Å². The monoisotopic (exact) mass is 350 g/mol. The van der Waals surface area contributed by atoms with Crippen LogP contribution in [0.15, 0.2) is 24.8 Å². The number of nitrogens with zero attached hydrogens (tertiary/aromatic N) is 5. The number of rotatable bonds is 5. The van der Waals surface area contributed by atoms with Crippen LogP contribution >= 0.6 is 11.6 Å². The molecule has 0 aliphatic heterocycles. The number of ether oxygens (including phenoxy) is 2. The molecule has 10 nitrogen and oxygen atoms in total. The van der Waals surface area contributed by atoms with Gasteiger partial charge in [-0.3, -0.25) is 0 Å². The Hall–Kier alpha value is -3.14. The highest BCUT2D eigenvalue weighted by Crippen LogP contribution is 2.39. The average molecular weight is 351 g/mol. The van der Waals surface area contributed by atoms with E-state index < -0.39 is 4.92 Å². The van der Waals surface area contributed by atoms with E-state index in [-0.39, 0.29) is 22.3 Å². The number of aromatic nitrogens is 4. The number of nitro groups is 1. The second kappa shape index (κ2) is 6.16. The van der Waals surface area contributed by atoms with Gasteiger partial charge in [-0.1, -0.05) is 11.6 Å². The molecule has 3 rings (SSSR count). The number of halogens is 1. The first-order chi connectivity index (χ1) is 11.5. The van der Waals surface area contributed by atoms with Crippen molar-refractivity contribution < 1.29 is 14.4 Å². The van der Waals surface area contributed by atoms with E-state index in [9.17, 15) is 10.1 Å². The van der Waals surface area contributed by atoms with Crippen LogP contribution in [0.25, 0.3) is 5.52 Å². The van der Waals surface area contributed by atoms with Crippen LogP contribution in [-0.4, -0.2) is 38.7 Å². The lowest BCUT2D eigenvalue weighted by molar-refractivity contribution is -0.388. The topological polar surface area (TPSA) is 117 Å². The number of anilines is 1. The fourth-order valence-corrected chi connectivity index (χ4v) is 2.31. The van der Waals surface area contributed by atoms with Gasteiger partial charge in [-0.05, 0) is 9.91 Å². The molecule has 0 aliphatic rings. The van der Waals surface area contributed by atoms with Crippen molar-refractivity contribution in [2.45, 2.75) is 0 Å². The summed E-state index contributed by atoms with van der Waals surface area (Å²) in [5, 5.41) is 17.8. The zero-order valence-corrected chi connectivity index (χ0v) is 13.3. The molecular weight excluding hydrogens is 340 g/mol. The smallest absolute Gasteiger partial charge is 0.388 e. The molecule has 0 spiro atoms. The Bertz CT molecular complexity index is 928. The quantitative estimate of drug-likeness (QED) is 0.551. The minimum Gasteiger partial charge on any atom is -0.480 e. The highest BCUT2D eigenvalue weighted by Gasteiger charge is 2.23. The maximum atomic E-state index is 11.0. The molecule has 0 bridgehead atoms. The number of hydrogen-bond donors (Lipinski definition) is 1. The standard InChI is InChI=1S/C13H11ClN6O4/c1-15-12-11(14)9(4-17-13(12)20(21)22)24-8-5-18-19-6-10(23-2)16-3-7(8)19/h3-6,15H,1-2H3. The third-order valence-electron chi connectivity index (χ3n) is 3.16. The van der Waals surface area contributed by atoms with Gasteiger partial charge >= 0.3 is 5.82 Å². The van der Waals surface area contributed by atoms with E-state index in [2.05, 4.69) is 20.4 Å². The van der Waals surface area contributed by atoms with Crippen LogP contribution in [0.2, 0.25) is 5.02 Å². The summed E-state index contributed by atoms with van der Waals surface area (Å²) < 4.78 is 12.2. The van der Waals surface area contributed by atoms with Crippen molar-refractivity contribution in [3.63, 3.8) is 0 Å². The van der Waals surface area contributed by atoms with E-state index in [0.29, 0.717) is 17.1 Å². The Labute approximate surface area is 140 Å². The Morgan fingerprint density at radius 3 is 2.75 bits per heavy atom. The van der Waals surface area contributed by atoms with Gasteiger partial charge in [0, 0.05) is 7.05 Å². The Morgan fingerprint density at radius 1 is 1.29 bits per heavy atom. The van der Waals surface area contributed by atoms with E-state index in [4.69, 9.17) is 21.1 Å². The van der Waals surface area contributed by atoms with Crippen LogP contribution < -0.4 is 14.8 Å². The van der Waals surface area contributed by atoms with Gasteiger partial charge in [-0.25, -0.2) is 9.50 Å². The van der Waals surface area contributed by atoms with Gasteiger partial charge < -0.3 is 24.9 Å². The van der Waals surface area contributed by atoms with Crippen molar-refractivity contribution >= 4 is 28.6 Å². The summed E-state index contributed by atoms with van der Waals surface area (Å²) >= 11 is 6.18. The molecule has 3 heterocycles. The summed E-state index contributed by atoms with van der Waals surface area (Å²) in [5.74, 6) is 0.521. The van der Waals surface area contributed by atoms with E-state index in [0.717, 1.165) is 0 Å². The van der Waals surface area contributed by atoms with Gasteiger partial charge in [0.05, 0.1) is 25.7 Å². The Morgan fingerprint density at radius 2 is 2.08 bits per heavy atom. The molecular formula is C13H11ClN6O4. The van der Waals surface area contributed by atoms with Crippen LogP contribution in [0.4, 0.5) is 11.5 Å². The second-order valence-corrected chi connectivity index (χ2v) is 4.89. The highest BCUT2D eigenvalue weighted by atomic mass is 35.5. The fraction of sp³-hybridized carbons (Fsp3) is 0.154. The number of fused-ring (bicyclic) bond motifs is 1. The summed E-state index contributed by atoms with van der Waals surface area (Å²) in [6.45, 7) is 0. The van der Waals surface area contributed by atoms with Crippen molar-refractivity contribution in [1.82, 2.24) is 19.6 Å². The molecule has 3 aromatic heterocycles. The van der Waals surface area contributed by atoms with Gasteiger partial charge in [0.15, 0.2) is 23.4 Å². The average Bonchev–Trinajstić information content (AvgIpc) is 2.98. The SMILES string of the molecule is CNc1c([N+](=O)[O-])ncc(Oc2cnn3cc(OC)ncc23)c1Cl. The maximum Gasteiger partial charge on any atom is 0.388 e. The molecule has 24 heavy (non-hydrogen) atoms. The molecule has 0 atom stereocenters. The molecule has 0 aliphatic carbocycles. The summed E-state index contributed by atoms with van der Waals surface area (Å²) in [7, 11) is 3.00. The molecule has 0 saturated heterocycles. The molecule has 0 aromatic carbocycles. The van der Waals surface area contributed by atoms with Crippen molar-refractivity contribution in [3.05, 3.63) is 39.9 Å². The van der Waals surface area contributed by atoms with Gasteiger partial charge in [-0.2, -0.15) is 5.10 Å². The van der Waals surface area contributed by atoms with Gasteiger partial charge in [0.2, 0.25) is 5.88 Å². The summed E-state index contributed by atoms with van der Waals surface area (Å²) in [6.07, 6.45) is 5.75.